The van der Waals surface area contributed by atoms with Crippen LogP contribution in [-0.2, 0) is 16.1 Å². The van der Waals surface area contributed by atoms with Crippen molar-refractivity contribution in [3.63, 3.8) is 0 Å². The van der Waals surface area contributed by atoms with Crippen LogP contribution >= 0.6 is 0 Å². The molecule has 1 N–H and O–H groups in total. The molecule has 6 heteroatoms. The Labute approximate surface area is 139 Å². The number of fused-ring (bicyclic) bond motifs is 1. The van der Waals surface area contributed by atoms with Crippen LogP contribution in [0.5, 0.6) is 11.5 Å². The fraction of sp³-hybridized carbons (Fsp3) is 0.222. The lowest BCUT2D eigenvalue weighted by molar-refractivity contribution is -0.129. The minimum absolute atomic E-state index is 0.131. The van der Waals surface area contributed by atoms with Gasteiger partial charge in [-0.15, -0.1) is 0 Å². The first kappa shape index (κ1) is 15.9. The summed E-state index contributed by atoms with van der Waals surface area (Å²) in [6, 6.07) is 14.3. The third kappa shape index (κ3) is 3.65. The lowest BCUT2D eigenvalue weighted by atomic mass is 10.2. The van der Waals surface area contributed by atoms with Gasteiger partial charge in [0.2, 0.25) is 6.79 Å². The zero-order valence-electron chi connectivity index (χ0n) is 13.2. The first-order chi connectivity index (χ1) is 11.6. The summed E-state index contributed by atoms with van der Waals surface area (Å²) in [6.07, 6.45) is -0.897. The summed E-state index contributed by atoms with van der Waals surface area (Å²) in [5.74, 6) is 0.134. The van der Waals surface area contributed by atoms with Crippen molar-refractivity contribution in [3.05, 3.63) is 59.7 Å². The molecule has 3 rings (SSSR count). The van der Waals surface area contributed by atoms with Crippen LogP contribution in [0, 0.1) is 0 Å². The van der Waals surface area contributed by atoms with Crippen LogP contribution in [0.3, 0.4) is 0 Å². The van der Waals surface area contributed by atoms with Gasteiger partial charge in [-0.2, -0.15) is 0 Å². The van der Waals surface area contributed by atoms with Crippen molar-refractivity contribution >= 4 is 11.9 Å². The Balaban J connectivity index is 1.54. The maximum absolute atomic E-state index is 12.1. The Hall–Kier alpha value is -3.02. The molecule has 1 atom stereocenters. The minimum atomic E-state index is -0.897. The van der Waals surface area contributed by atoms with Gasteiger partial charge in [0.25, 0.3) is 5.91 Å². The van der Waals surface area contributed by atoms with Crippen LogP contribution in [0.15, 0.2) is 48.5 Å². The van der Waals surface area contributed by atoms with Gasteiger partial charge in [-0.3, -0.25) is 4.79 Å². The number of carbonyl (C=O) groups excluding carboxylic acids is 2. The number of carbonyl (C=O) groups is 2. The summed E-state index contributed by atoms with van der Waals surface area (Å²) < 4.78 is 15.6. The fourth-order valence-corrected chi connectivity index (χ4v) is 2.23. The molecular weight excluding hydrogens is 310 g/mol. The third-order valence-corrected chi connectivity index (χ3v) is 3.57. The van der Waals surface area contributed by atoms with Gasteiger partial charge in [0.1, 0.15) is 0 Å². The highest BCUT2D eigenvalue weighted by atomic mass is 16.7. The predicted octanol–water partition coefficient (Wildman–Crippen LogP) is 2.28. The number of amides is 1. The Kier molecular flexibility index (Phi) is 4.65. The number of nitrogens with one attached hydrogen (secondary N) is 1. The highest BCUT2D eigenvalue weighted by molar-refractivity contribution is 5.92. The Morgan fingerprint density at radius 2 is 1.88 bits per heavy atom. The van der Waals surface area contributed by atoms with Crippen molar-refractivity contribution in [2.75, 3.05) is 6.79 Å². The van der Waals surface area contributed by atoms with Gasteiger partial charge < -0.3 is 19.5 Å². The number of ether oxygens (including phenoxy) is 3. The van der Waals surface area contributed by atoms with Crippen molar-refractivity contribution in [2.45, 2.75) is 19.6 Å². The van der Waals surface area contributed by atoms with Crippen LogP contribution in [0.1, 0.15) is 22.8 Å². The van der Waals surface area contributed by atoms with Gasteiger partial charge in [0.05, 0.1) is 5.56 Å². The molecule has 0 spiro atoms. The molecule has 0 saturated heterocycles. The fourth-order valence-electron chi connectivity index (χ4n) is 2.23. The van der Waals surface area contributed by atoms with E-state index in [9.17, 15) is 9.59 Å². The number of benzene rings is 2. The van der Waals surface area contributed by atoms with E-state index >= 15 is 0 Å². The Morgan fingerprint density at radius 3 is 2.67 bits per heavy atom. The minimum Gasteiger partial charge on any atom is -0.454 e. The highest BCUT2D eigenvalue weighted by Crippen LogP contribution is 2.32. The number of hydrogen-bond acceptors (Lipinski definition) is 5. The molecule has 0 unspecified atom stereocenters. The second-order valence-corrected chi connectivity index (χ2v) is 5.32. The molecule has 0 aliphatic carbocycles. The molecule has 1 aliphatic rings. The number of hydrogen-bond donors (Lipinski definition) is 1. The summed E-state index contributed by atoms with van der Waals surface area (Å²) in [5, 5.41) is 2.74. The van der Waals surface area contributed by atoms with E-state index in [1.54, 1.807) is 18.2 Å². The molecule has 0 radical (unpaired) electrons. The summed E-state index contributed by atoms with van der Waals surface area (Å²) >= 11 is 0. The standard InChI is InChI=1S/C18H17NO5/c1-12(17(20)19-10-13-5-3-2-4-6-13)24-18(21)14-7-8-15-16(9-14)23-11-22-15/h2-9,12H,10-11H2,1H3,(H,19,20)/t12-/m0/s1. The normalized spacial score (nSPS) is 13.2. The second kappa shape index (κ2) is 7.04. The van der Waals surface area contributed by atoms with E-state index in [1.807, 2.05) is 30.3 Å². The summed E-state index contributed by atoms with van der Waals surface area (Å²) in [6.45, 7) is 2.04. The van der Waals surface area contributed by atoms with Crippen molar-refractivity contribution in [1.29, 1.82) is 0 Å². The first-order valence-corrected chi connectivity index (χ1v) is 7.56. The zero-order chi connectivity index (χ0) is 16.9. The molecule has 0 fully saturated rings. The van der Waals surface area contributed by atoms with E-state index in [1.165, 1.54) is 6.92 Å². The smallest absolute Gasteiger partial charge is 0.339 e. The van der Waals surface area contributed by atoms with E-state index in [0.717, 1.165) is 5.56 Å². The molecule has 6 nitrogen and oxygen atoms in total. The van der Waals surface area contributed by atoms with Gasteiger partial charge in [0, 0.05) is 6.54 Å². The average molecular weight is 327 g/mol. The molecule has 1 aliphatic heterocycles. The van der Waals surface area contributed by atoms with Crippen LogP contribution in [0.25, 0.3) is 0 Å². The molecular formula is C18H17NO5. The molecule has 0 saturated carbocycles. The number of rotatable bonds is 5. The summed E-state index contributed by atoms with van der Waals surface area (Å²) in [4.78, 5) is 24.2. The molecule has 1 heterocycles. The van der Waals surface area contributed by atoms with Gasteiger partial charge in [0.15, 0.2) is 17.6 Å². The number of esters is 1. The van der Waals surface area contributed by atoms with E-state index in [-0.39, 0.29) is 12.7 Å². The maximum Gasteiger partial charge on any atom is 0.339 e. The van der Waals surface area contributed by atoms with Crippen LogP contribution in [-0.4, -0.2) is 24.8 Å². The van der Waals surface area contributed by atoms with E-state index in [2.05, 4.69) is 5.32 Å². The Morgan fingerprint density at radius 1 is 1.12 bits per heavy atom. The molecule has 24 heavy (non-hydrogen) atoms. The van der Waals surface area contributed by atoms with Gasteiger partial charge in [-0.05, 0) is 30.7 Å². The largest absolute Gasteiger partial charge is 0.454 e. The van der Waals surface area contributed by atoms with E-state index in [4.69, 9.17) is 14.2 Å². The lowest BCUT2D eigenvalue weighted by Crippen LogP contribution is -2.35. The molecule has 124 valence electrons. The molecule has 2 aromatic carbocycles. The van der Waals surface area contributed by atoms with E-state index in [0.29, 0.717) is 23.6 Å². The zero-order valence-corrected chi connectivity index (χ0v) is 13.2. The van der Waals surface area contributed by atoms with Crippen molar-refractivity contribution in [3.8, 4) is 11.5 Å². The van der Waals surface area contributed by atoms with Gasteiger partial charge in [-0.1, -0.05) is 30.3 Å². The highest BCUT2D eigenvalue weighted by Gasteiger charge is 2.21. The second-order valence-electron chi connectivity index (χ2n) is 5.32. The SMILES string of the molecule is C[C@H](OC(=O)c1ccc2c(c1)OCO2)C(=O)NCc1ccccc1. The monoisotopic (exact) mass is 327 g/mol. The summed E-state index contributed by atoms with van der Waals surface area (Å²) in [7, 11) is 0. The van der Waals surface area contributed by atoms with Crippen molar-refractivity contribution < 1.29 is 23.8 Å². The maximum atomic E-state index is 12.1. The van der Waals surface area contributed by atoms with Crippen molar-refractivity contribution in [1.82, 2.24) is 5.32 Å². The van der Waals surface area contributed by atoms with Crippen LogP contribution < -0.4 is 14.8 Å². The van der Waals surface area contributed by atoms with E-state index < -0.39 is 12.1 Å². The topological polar surface area (TPSA) is 73.9 Å². The molecule has 0 aromatic heterocycles. The third-order valence-electron chi connectivity index (χ3n) is 3.57. The lowest BCUT2D eigenvalue weighted by Gasteiger charge is -2.13. The summed E-state index contributed by atoms with van der Waals surface area (Å²) in [5.41, 5.74) is 1.28. The predicted molar refractivity (Wildman–Crippen MR) is 85.7 cm³/mol. The first-order valence-electron chi connectivity index (χ1n) is 7.56. The van der Waals surface area contributed by atoms with Gasteiger partial charge in [-0.25, -0.2) is 4.79 Å². The van der Waals surface area contributed by atoms with Gasteiger partial charge >= 0.3 is 5.97 Å². The molecule has 2 aromatic rings. The molecule has 0 bridgehead atoms. The average Bonchev–Trinajstić information content (AvgIpc) is 3.08. The van der Waals surface area contributed by atoms with Crippen molar-refractivity contribution in [2.24, 2.45) is 0 Å². The van der Waals surface area contributed by atoms with Crippen LogP contribution in [0.4, 0.5) is 0 Å². The quantitative estimate of drug-likeness (QED) is 0.853. The Bertz CT molecular complexity index is 744. The molecule has 1 amide bonds. The van der Waals surface area contributed by atoms with Crippen LogP contribution in [0.2, 0.25) is 0 Å².